The number of hydrogen-bond donors (Lipinski definition) is 2. The monoisotopic (exact) mass is 284 g/mol. The Kier molecular flexibility index (Phi) is 4.57. The molecule has 1 unspecified atom stereocenters. The first-order chi connectivity index (χ1) is 9.03. The van der Waals surface area contributed by atoms with E-state index in [1.807, 2.05) is 6.07 Å². The van der Waals surface area contributed by atoms with Crippen LogP contribution >= 0.6 is 0 Å². The van der Waals surface area contributed by atoms with Gasteiger partial charge in [-0.05, 0) is 36.5 Å². The van der Waals surface area contributed by atoms with Crippen molar-refractivity contribution in [3.63, 3.8) is 0 Å². The molecule has 19 heavy (non-hydrogen) atoms. The van der Waals surface area contributed by atoms with Gasteiger partial charge in [0.05, 0.1) is 11.5 Å². The van der Waals surface area contributed by atoms with E-state index >= 15 is 0 Å². The molecule has 2 rings (SSSR count). The van der Waals surface area contributed by atoms with Gasteiger partial charge >= 0.3 is 0 Å². The van der Waals surface area contributed by atoms with Crippen LogP contribution in [0.2, 0.25) is 0 Å². The van der Waals surface area contributed by atoms with Crippen molar-refractivity contribution in [2.45, 2.75) is 24.8 Å². The highest BCUT2D eigenvalue weighted by Crippen LogP contribution is 2.18. The number of nitrogens with one attached hydrogen (secondary N) is 1. The van der Waals surface area contributed by atoms with E-state index in [1.54, 1.807) is 19.1 Å². The molecule has 1 aromatic carbocycles. The maximum atomic E-state index is 12.3. The molecule has 0 aromatic heterocycles. The highest BCUT2D eigenvalue weighted by Gasteiger charge is 2.21. The summed E-state index contributed by atoms with van der Waals surface area (Å²) in [4.78, 5) is 0.314. The van der Waals surface area contributed by atoms with E-state index in [4.69, 9.17) is 10.5 Å². The molecule has 1 saturated heterocycles. The van der Waals surface area contributed by atoms with E-state index < -0.39 is 10.0 Å². The van der Waals surface area contributed by atoms with Crippen LogP contribution in [0.15, 0.2) is 23.1 Å². The second-order valence-corrected chi connectivity index (χ2v) is 6.62. The standard InChI is InChI=1S/C13H20N2O3S/c1-10-2-3-11(7-14)6-13(10)19(16,17)15-8-12-4-5-18-9-12/h2-3,6,12,15H,4-5,7-9,14H2,1H3. The molecule has 1 fully saturated rings. The Labute approximate surface area is 114 Å². The van der Waals surface area contributed by atoms with Crippen molar-refractivity contribution in [3.05, 3.63) is 29.3 Å². The van der Waals surface area contributed by atoms with Gasteiger partial charge in [0.2, 0.25) is 10.0 Å². The number of aryl methyl sites for hydroxylation is 1. The zero-order chi connectivity index (χ0) is 13.9. The van der Waals surface area contributed by atoms with Gasteiger partial charge in [0.1, 0.15) is 0 Å². The van der Waals surface area contributed by atoms with Gasteiger partial charge in [-0.2, -0.15) is 0 Å². The summed E-state index contributed by atoms with van der Waals surface area (Å²) in [5.41, 5.74) is 7.10. The maximum absolute atomic E-state index is 12.3. The van der Waals surface area contributed by atoms with Gasteiger partial charge < -0.3 is 10.5 Å². The smallest absolute Gasteiger partial charge is 0.240 e. The summed E-state index contributed by atoms with van der Waals surface area (Å²) in [5.74, 6) is 0.271. The van der Waals surface area contributed by atoms with Gasteiger partial charge in [0.15, 0.2) is 0 Å². The zero-order valence-electron chi connectivity index (χ0n) is 11.1. The quantitative estimate of drug-likeness (QED) is 0.837. The van der Waals surface area contributed by atoms with Crippen molar-refractivity contribution in [1.82, 2.24) is 4.72 Å². The third-order valence-electron chi connectivity index (χ3n) is 3.36. The molecule has 0 radical (unpaired) electrons. The van der Waals surface area contributed by atoms with E-state index in [1.165, 1.54) is 0 Å². The van der Waals surface area contributed by atoms with Crippen LogP contribution in [0.4, 0.5) is 0 Å². The van der Waals surface area contributed by atoms with Crippen molar-refractivity contribution in [1.29, 1.82) is 0 Å². The van der Waals surface area contributed by atoms with Gasteiger partial charge in [0.25, 0.3) is 0 Å². The second kappa shape index (κ2) is 6.00. The molecule has 106 valence electrons. The number of nitrogens with two attached hydrogens (primary N) is 1. The Morgan fingerprint density at radius 3 is 2.89 bits per heavy atom. The molecular weight excluding hydrogens is 264 g/mol. The molecule has 1 aromatic rings. The fourth-order valence-electron chi connectivity index (χ4n) is 2.11. The van der Waals surface area contributed by atoms with E-state index in [2.05, 4.69) is 4.72 Å². The van der Waals surface area contributed by atoms with Crippen molar-refractivity contribution in [2.24, 2.45) is 11.7 Å². The van der Waals surface area contributed by atoms with Crippen LogP contribution in [0.5, 0.6) is 0 Å². The summed E-state index contributed by atoms with van der Waals surface area (Å²) in [6, 6.07) is 5.28. The van der Waals surface area contributed by atoms with E-state index in [0.29, 0.717) is 31.2 Å². The Bertz CT molecular complexity index is 537. The van der Waals surface area contributed by atoms with Gasteiger partial charge in [-0.3, -0.25) is 0 Å². The molecule has 1 aliphatic heterocycles. The summed E-state index contributed by atoms with van der Waals surface area (Å²) >= 11 is 0. The molecule has 0 saturated carbocycles. The highest BCUT2D eigenvalue weighted by atomic mass is 32.2. The van der Waals surface area contributed by atoms with Crippen LogP contribution < -0.4 is 10.5 Å². The SMILES string of the molecule is Cc1ccc(CN)cc1S(=O)(=O)NCC1CCOC1. The predicted molar refractivity (Wildman–Crippen MR) is 73.2 cm³/mol. The van der Waals surface area contributed by atoms with Crippen LogP contribution in [0.25, 0.3) is 0 Å². The van der Waals surface area contributed by atoms with E-state index in [0.717, 1.165) is 17.5 Å². The Morgan fingerprint density at radius 1 is 1.47 bits per heavy atom. The van der Waals surface area contributed by atoms with Crippen molar-refractivity contribution >= 4 is 10.0 Å². The van der Waals surface area contributed by atoms with E-state index in [9.17, 15) is 8.42 Å². The van der Waals surface area contributed by atoms with Crippen LogP contribution in [-0.4, -0.2) is 28.2 Å². The van der Waals surface area contributed by atoms with E-state index in [-0.39, 0.29) is 5.92 Å². The lowest BCUT2D eigenvalue weighted by Gasteiger charge is -2.13. The lowest BCUT2D eigenvalue weighted by Crippen LogP contribution is -2.30. The number of benzene rings is 1. The number of rotatable bonds is 5. The zero-order valence-corrected chi connectivity index (χ0v) is 11.9. The average molecular weight is 284 g/mol. The van der Waals surface area contributed by atoms with Crippen molar-refractivity contribution in [3.8, 4) is 0 Å². The Morgan fingerprint density at radius 2 is 2.26 bits per heavy atom. The third-order valence-corrected chi connectivity index (χ3v) is 4.93. The summed E-state index contributed by atoms with van der Waals surface area (Å²) in [5, 5.41) is 0. The Balaban J connectivity index is 2.13. The second-order valence-electron chi connectivity index (χ2n) is 4.89. The number of hydrogen-bond acceptors (Lipinski definition) is 4. The molecule has 1 aliphatic rings. The minimum atomic E-state index is -3.47. The fourth-order valence-corrected chi connectivity index (χ4v) is 3.52. The summed E-state index contributed by atoms with van der Waals surface area (Å²) in [6.07, 6.45) is 0.907. The van der Waals surface area contributed by atoms with Crippen LogP contribution in [0.1, 0.15) is 17.5 Å². The normalized spacial score (nSPS) is 19.8. The molecule has 3 N–H and O–H groups in total. The molecular formula is C13H20N2O3S. The lowest BCUT2D eigenvalue weighted by atomic mass is 10.1. The maximum Gasteiger partial charge on any atom is 0.240 e. The van der Waals surface area contributed by atoms with Gasteiger partial charge in [0, 0.05) is 19.7 Å². The largest absolute Gasteiger partial charge is 0.381 e. The lowest BCUT2D eigenvalue weighted by molar-refractivity contribution is 0.186. The summed E-state index contributed by atoms with van der Waals surface area (Å²) < 4.78 is 32.5. The Hall–Kier alpha value is -0.950. The van der Waals surface area contributed by atoms with Crippen LogP contribution in [0, 0.1) is 12.8 Å². The minimum Gasteiger partial charge on any atom is -0.381 e. The predicted octanol–water partition coefficient (Wildman–Crippen LogP) is 0.769. The molecule has 5 nitrogen and oxygen atoms in total. The van der Waals surface area contributed by atoms with Gasteiger partial charge in [-0.15, -0.1) is 0 Å². The minimum absolute atomic E-state index is 0.271. The fraction of sp³-hybridized carbons (Fsp3) is 0.538. The highest BCUT2D eigenvalue weighted by molar-refractivity contribution is 7.89. The van der Waals surface area contributed by atoms with Gasteiger partial charge in [-0.25, -0.2) is 13.1 Å². The molecule has 0 bridgehead atoms. The van der Waals surface area contributed by atoms with Crippen molar-refractivity contribution < 1.29 is 13.2 Å². The molecule has 1 atom stereocenters. The van der Waals surface area contributed by atoms with Crippen LogP contribution in [-0.2, 0) is 21.3 Å². The third kappa shape index (κ3) is 3.54. The average Bonchev–Trinajstić information content (AvgIpc) is 2.90. The summed E-state index contributed by atoms with van der Waals surface area (Å²) in [6.45, 7) is 3.89. The molecule has 6 heteroatoms. The first-order valence-corrected chi connectivity index (χ1v) is 7.88. The molecule has 1 heterocycles. The molecule has 0 spiro atoms. The summed E-state index contributed by atoms with van der Waals surface area (Å²) in [7, 11) is -3.47. The first kappa shape index (κ1) is 14.5. The number of ether oxygens (including phenoxy) is 1. The topological polar surface area (TPSA) is 81.4 Å². The molecule has 0 aliphatic carbocycles. The first-order valence-electron chi connectivity index (χ1n) is 6.40. The van der Waals surface area contributed by atoms with Gasteiger partial charge in [-0.1, -0.05) is 12.1 Å². The van der Waals surface area contributed by atoms with Crippen LogP contribution in [0.3, 0.4) is 0 Å². The number of sulfonamides is 1. The van der Waals surface area contributed by atoms with Crippen molar-refractivity contribution in [2.75, 3.05) is 19.8 Å². The molecule has 0 amide bonds.